The van der Waals surface area contributed by atoms with Gasteiger partial charge in [0.1, 0.15) is 0 Å². The number of anilines is 1. The average molecular weight is 533 g/mol. The van der Waals surface area contributed by atoms with Crippen LogP contribution in [-0.2, 0) is 5.54 Å². The summed E-state index contributed by atoms with van der Waals surface area (Å²) in [4.78, 5) is 5.20. The fourth-order valence-corrected chi connectivity index (χ4v) is 6.52. The normalized spacial score (nSPS) is 18.1. The number of nitrogens with one attached hydrogen (secondary N) is 1. The van der Waals surface area contributed by atoms with E-state index in [2.05, 4.69) is 87.6 Å². The number of benzene rings is 2. The number of quaternary nitrogens is 1. The van der Waals surface area contributed by atoms with Crippen LogP contribution in [0.4, 0.5) is 5.95 Å². The quantitative estimate of drug-likeness (QED) is 0.252. The zero-order chi connectivity index (χ0) is 27.2. The van der Waals surface area contributed by atoms with Crippen LogP contribution in [0.2, 0.25) is 0 Å². The lowest BCUT2D eigenvalue weighted by Crippen LogP contribution is -2.50. The molecule has 1 saturated carbocycles. The summed E-state index contributed by atoms with van der Waals surface area (Å²) in [7, 11) is 2.37. The van der Waals surface area contributed by atoms with Crippen LogP contribution in [0.15, 0.2) is 72.9 Å². The second-order valence-electron chi connectivity index (χ2n) is 12.1. The van der Waals surface area contributed by atoms with E-state index in [0.717, 1.165) is 75.3 Å². The molecule has 1 aliphatic carbocycles. The Morgan fingerprint density at radius 1 is 0.900 bits per heavy atom. The summed E-state index contributed by atoms with van der Waals surface area (Å²) in [6.07, 6.45) is 9.37. The molecule has 0 unspecified atom stereocenters. The summed E-state index contributed by atoms with van der Waals surface area (Å²) in [6, 6.07) is 23.5. The molecule has 4 heterocycles. The van der Waals surface area contributed by atoms with E-state index in [4.69, 9.17) is 10.7 Å². The molecule has 2 fully saturated rings. The number of nitrogens with zero attached hydrogens (tertiary/aromatic N) is 5. The molecule has 7 rings (SSSR count). The minimum absolute atomic E-state index is 0.171. The first-order valence-corrected chi connectivity index (χ1v) is 14.7. The summed E-state index contributed by atoms with van der Waals surface area (Å²) in [5.74, 6) is 0.785. The number of aromatic nitrogens is 4. The minimum atomic E-state index is -0.171. The van der Waals surface area contributed by atoms with Crippen molar-refractivity contribution in [3.05, 3.63) is 78.5 Å². The Bertz CT molecular complexity index is 1650. The van der Waals surface area contributed by atoms with Gasteiger partial charge in [-0.2, -0.15) is 0 Å². The van der Waals surface area contributed by atoms with E-state index in [1.54, 1.807) is 0 Å². The molecule has 2 aliphatic rings. The predicted molar refractivity (Wildman–Crippen MR) is 162 cm³/mol. The summed E-state index contributed by atoms with van der Waals surface area (Å²) in [6.45, 7) is 4.50. The van der Waals surface area contributed by atoms with Crippen molar-refractivity contribution in [1.82, 2.24) is 19.6 Å². The van der Waals surface area contributed by atoms with Gasteiger partial charge >= 0.3 is 0 Å². The van der Waals surface area contributed by atoms with Crippen LogP contribution in [0, 0.1) is 0 Å². The molecule has 0 atom stereocenters. The van der Waals surface area contributed by atoms with E-state index in [1.165, 1.54) is 44.3 Å². The molecule has 3 N–H and O–H groups in total. The number of fused-ring (bicyclic) bond motifs is 3. The van der Waals surface area contributed by atoms with Crippen LogP contribution in [0.5, 0.6) is 0 Å². The van der Waals surface area contributed by atoms with Gasteiger partial charge in [-0.05, 0) is 61.8 Å². The molecule has 3 aromatic heterocycles. The molecule has 2 aromatic carbocycles. The number of likely N-dealkylation sites (tertiary alicyclic amines) is 1. The van der Waals surface area contributed by atoms with Crippen molar-refractivity contribution in [2.75, 3.05) is 38.5 Å². The maximum atomic E-state index is 6.60. The molecular weight excluding hydrogens is 494 g/mol. The first kappa shape index (κ1) is 25.2. The van der Waals surface area contributed by atoms with Gasteiger partial charge in [0.25, 0.3) is 0 Å². The standard InChI is InChI=1S/C33H38N7/c1-40(20-6-3-7-21-40)22-18-35-32-38-37-31-28-23-27(24-9-4-2-5-10-24)30(36-29(28)15-19-39(31)32)25-11-13-26(14-12-25)33(34)16-8-17-33/h2,4-5,9-15,19,23H,3,6-8,16-18,20-22,34H2,1H3,(H,35,38)/q+1. The third kappa shape index (κ3) is 4.53. The molecule has 40 heavy (non-hydrogen) atoms. The van der Waals surface area contributed by atoms with Crippen LogP contribution in [-0.4, -0.2) is 57.3 Å². The maximum absolute atomic E-state index is 6.60. The Labute approximate surface area is 235 Å². The fourth-order valence-electron chi connectivity index (χ4n) is 6.52. The smallest absolute Gasteiger partial charge is 0.229 e. The highest BCUT2D eigenvalue weighted by Gasteiger charge is 2.34. The molecule has 204 valence electrons. The van der Waals surface area contributed by atoms with Crippen molar-refractivity contribution in [2.24, 2.45) is 5.73 Å². The van der Waals surface area contributed by atoms with E-state index in [0.29, 0.717) is 0 Å². The zero-order valence-corrected chi connectivity index (χ0v) is 23.3. The van der Waals surface area contributed by atoms with Crippen LogP contribution >= 0.6 is 0 Å². The van der Waals surface area contributed by atoms with E-state index in [-0.39, 0.29) is 5.54 Å². The van der Waals surface area contributed by atoms with Gasteiger partial charge in [-0.1, -0.05) is 54.6 Å². The van der Waals surface area contributed by atoms with Crippen LogP contribution < -0.4 is 11.1 Å². The summed E-state index contributed by atoms with van der Waals surface area (Å²) < 4.78 is 3.19. The number of nitrogens with two attached hydrogens (primary N) is 1. The van der Waals surface area contributed by atoms with Crippen molar-refractivity contribution in [3.63, 3.8) is 0 Å². The topological polar surface area (TPSA) is 81.1 Å². The summed E-state index contributed by atoms with van der Waals surface area (Å²) in [5.41, 5.74) is 13.6. The molecule has 7 nitrogen and oxygen atoms in total. The largest absolute Gasteiger partial charge is 0.348 e. The van der Waals surface area contributed by atoms with Gasteiger partial charge in [-0.15, -0.1) is 10.2 Å². The molecule has 0 bridgehead atoms. The number of pyridine rings is 2. The Morgan fingerprint density at radius 2 is 1.68 bits per heavy atom. The number of hydrogen-bond acceptors (Lipinski definition) is 5. The zero-order valence-electron chi connectivity index (χ0n) is 23.3. The Hall–Kier alpha value is -3.81. The van der Waals surface area contributed by atoms with Gasteiger partial charge in [-0.25, -0.2) is 4.98 Å². The van der Waals surface area contributed by atoms with Crippen molar-refractivity contribution in [2.45, 2.75) is 44.1 Å². The lowest BCUT2D eigenvalue weighted by molar-refractivity contribution is -0.912. The van der Waals surface area contributed by atoms with Gasteiger partial charge in [0.05, 0.1) is 44.4 Å². The molecule has 0 radical (unpaired) electrons. The van der Waals surface area contributed by atoms with Crippen LogP contribution in [0.3, 0.4) is 0 Å². The van der Waals surface area contributed by atoms with Crippen molar-refractivity contribution in [1.29, 1.82) is 0 Å². The lowest BCUT2D eigenvalue weighted by atomic mass is 9.72. The van der Waals surface area contributed by atoms with Crippen molar-refractivity contribution >= 4 is 22.5 Å². The van der Waals surface area contributed by atoms with Crippen molar-refractivity contribution < 1.29 is 4.48 Å². The van der Waals surface area contributed by atoms with Gasteiger partial charge in [0, 0.05) is 28.2 Å². The second-order valence-corrected chi connectivity index (χ2v) is 12.1. The number of piperidine rings is 1. The molecule has 0 amide bonds. The maximum Gasteiger partial charge on any atom is 0.229 e. The third-order valence-electron chi connectivity index (χ3n) is 9.26. The van der Waals surface area contributed by atoms with Gasteiger partial charge < -0.3 is 15.5 Å². The van der Waals surface area contributed by atoms with E-state index >= 15 is 0 Å². The van der Waals surface area contributed by atoms with E-state index in [9.17, 15) is 0 Å². The fraction of sp³-hybridized carbons (Fsp3) is 0.364. The number of likely N-dealkylation sites (N-methyl/N-ethyl adjacent to an activating group) is 1. The molecule has 1 aliphatic heterocycles. The Morgan fingerprint density at radius 3 is 2.40 bits per heavy atom. The highest BCUT2D eigenvalue weighted by Crippen LogP contribution is 2.40. The molecule has 0 spiro atoms. The number of hydrogen-bond donors (Lipinski definition) is 2. The first-order chi connectivity index (χ1) is 19.5. The lowest BCUT2D eigenvalue weighted by Gasteiger charge is -2.38. The first-order valence-electron chi connectivity index (χ1n) is 14.7. The third-order valence-corrected chi connectivity index (χ3v) is 9.26. The monoisotopic (exact) mass is 532 g/mol. The highest BCUT2D eigenvalue weighted by atomic mass is 15.4. The summed E-state index contributed by atoms with van der Waals surface area (Å²) >= 11 is 0. The Kier molecular flexibility index (Phi) is 6.28. The second kappa shape index (κ2) is 9.98. The van der Waals surface area contributed by atoms with Gasteiger partial charge in [0.2, 0.25) is 5.95 Å². The van der Waals surface area contributed by atoms with Crippen LogP contribution in [0.1, 0.15) is 44.1 Å². The van der Waals surface area contributed by atoms with Crippen LogP contribution in [0.25, 0.3) is 38.9 Å². The van der Waals surface area contributed by atoms with Gasteiger partial charge in [0.15, 0.2) is 5.65 Å². The Balaban J connectivity index is 1.25. The molecule has 7 heteroatoms. The average Bonchev–Trinajstić information content (AvgIpc) is 3.39. The van der Waals surface area contributed by atoms with E-state index < -0.39 is 0 Å². The highest BCUT2D eigenvalue weighted by molar-refractivity contribution is 5.98. The SMILES string of the molecule is C[N+]1(CCNc2nnc3c4cc(-c5ccccc5)c(-c5ccc(C6(N)CCC6)cc5)nc4ccn23)CCCCC1. The predicted octanol–water partition coefficient (Wildman–Crippen LogP) is 5.99. The van der Waals surface area contributed by atoms with Crippen molar-refractivity contribution in [3.8, 4) is 22.4 Å². The summed E-state index contributed by atoms with van der Waals surface area (Å²) in [5, 5.41) is 13.7. The minimum Gasteiger partial charge on any atom is -0.348 e. The molecule has 5 aromatic rings. The molecule has 1 saturated heterocycles. The molecular formula is C33H38N7+. The van der Waals surface area contributed by atoms with E-state index in [1.807, 2.05) is 12.3 Å². The number of rotatable bonds is 7. The van der Waals surface area contributed by atoms with Gasteiger partial charge in [-0.3, -0.25) is 4.40 Å².